The van der Waals surface area contributed by atoms with E-state index in [0.29, 0.717) is 12.4 Å². The average molecular weight is 415 g/mol. The minimum Gasteiger partial charge on any atom is -0.305 e. The Kier molecular flexibility index (Phi) is 5.23. The Balaban J connectivity index is 1.86. The zero-order chi connectivity index (χ0) is 20.5. The molecule has 0 aliphatic heterocycles. The molecule has 0 spiro atoms. The third-order valence-electron chi connectivity index (χ3n) is 3.54. The number of aromatic nitrogens is 3. The summed E-state index contributed by atoms with van der Waals surface area (Å²) in [5, 5.41) is 2.15. The molecule has 144 valence electrons. The van der Waals surface area contributed by atoms with Crippen molar-refractivity contribution >= 4 is 23.3 Å². The van der Waals surface area contributed by atoms with Gasteiger partial charge in [0.05, 0.1) is 41.1 Å². The first-order chi connectivity index (χ1) is 13.2. The number of anilines is 1. The Morgan fingerprint density at radius 1 is 1.00 bits per heavy atom. The third kappa shape index (κ3) is 4.06. The van der Waals surface area contributed by atoms with E-state index in [1.807, 2.05) is 0 Å². The summed E-state index contributed by atoms with van der Waals surface area (Å²) in [6, 6.07) is 2.71. The normalized spacial score (nSPS) is 11.4. The summed E-state index contributed by atoms with van der Waals surface area (Å²) in [5.41, 5.74) is -1.79. The van der Waals surface area contributed by atoms with Crippen LogP contribution in [-0.4, -0.2) is 20.9 Å². The Bertz CT molecular complexity index is 1020. The largest absolute Gasteiger partial charge is 0.416 e. The van der Waals surface area contributed by atoms with Crippen LogP contribution in [0.2, 0.25) is 5.02 Å². The van der Waals surface area contributed by atoms with Crippen molar-refractivity contribution in [2.24, 2.45) is 0 Å². The number of pyridine rings is 1. The molecule has 1 amide bonds. The van der Waals surface area contributed by atoms with Crippen LogP contribution in [0.15, 0.2) is 43.0 Å². The van der Waals surface area contributed by atoms with Crippen molar-refractivity contribution in [3.05, 3.63) is 70.8 Å². The van der Waals surface area contributed by atoms with Crippen molar-refractivity contribution in [2.45, 2.75) is 6.18 Å². The Morgan fingerprint density at radius 2 is 1.68 bits per heavy atom. The summed E-state index contributed by atoms with van der Waals surface area (Å²) in [5.74, 6) is -3.64. The fourth-order valence-electron chi connectivity index (χ4n) is 2.24. The number of hydrogen-bond donors (Lipinski definition) is 1. The highest BCUT2D eigenvalue weighted by Crippen LogP contribution is 2.35. The van der Waals surface area contributed by atoms with Crippen LogP contribution >= 0.6 is 11.6 Å². The molecule has 0 saturated heterocycles. The van der Waals surface area contributed by atoms with Crippen LogP contribution in [0.5, 0.6) is 0 Å². The Hall–Kier alpha value is -3.14. The number of halogens is 6. The smallest absolute Gasteiger partial charge is 0.305 e. The fraction of sp³-hybridized carbons (Fsp3) is 0.0588. The molecule has 3 rings (SSSR count). The molecule has 0 atom stereocenters. The summed E-state index contributed by atoms with van der Waals surface area (Å²) in [4.78, 5) is 23.0. The van der Waals surface area contributed by atoms with E-state index in [1.54, 1.807) is 0 Å². The number of rotatable bonds is 3. The standard InChI is InChI=1S/C17H8ClF5N4O/c18-10-2-1-8(17(21,22)23)3-9(10)13-6-26-14(7-25-13)27-16(28)15-11(19)4-24-5-12(15)20/h1-7H,(H,26,27,28). The Labute approximate surface area is 159 Å². The number of carbonyl (C=O) groups excluding carboxylic acids is 1. The lowest BCUT2D eigenvalue weighted by atomic mass is 10.1. The highest BCUT2D eigenvalue weighted by Gasteiger charge is 2.31. The minimum absolute atomic E-state index is 0.00960. The maximum Gasteiger partial charge on any atom is 0.416 e. The highest BCUT2D eigenvalue weighted by atomic mass is 35.5. The van der Waals surface area contributed by atoms with E-state index in [-0.39, 0.29) is 22.1 Å². The predicted molar refractivity (Wildman–Crippen MR) is 89.6 cm³/mol. The summed E-state index contributed by atoms with van der Waals surface area (Å²) in [6.07, 6.45) is -1.15. The number of amides is 1. The van der Waals surface area contributed by atoms with Gasteiger partial charge in [0.25, 0.3) is 5.91 Å². The number of alkyl halides is 3. The number of benzene rings is 1. The highest BCUT2D eigenvalue weighted by molar-refractivity contribution is 6.33. The zero-order valence-electron chi connectivity index (χ0n) is 13.6. The SMILES string of the molecule is O=C(Nc1cnc(-c2cc(C(F)(F)F)ccc2Cl)cn1)c1c(F)cncc1F. The molecule has 0 saturated carbocycles. The van der Waals surface area contributed by atoms with Gasteiger partial charge < -0.3 is 5.32 Å². The lowest BCUT2D eigenvalue weighted by molar-refractivity contribution is -0.137. The first-order valence-electron chi connectivity index (χ1n) is 7.46. The van der Waals surface area contributed by atoms with Gasteiger partial charge in [-0.3, -0.25) is 14.8 Å². The van der Waals surface area contributed by atoms with Gasteiger partial charge in [-0.2, -0.15) is 13.2 Å². The van der Waals surface area contributed by atoms with Gasteiger partial charge in [-0.25, -0.2) is 13.8 Å². The van der Waals surface area contributed by atoms with Crippen molar-refractivity contribution in [3.63, 3.8) is 0 Å². The summed E-state index contributed by atoms with van der Waals surface area (Å²) in [7, 11) is 0. The number of carbonyl (C=O) groups is 1. The van der Waals surface area contributed by atoms with E-state index in [4.69, 9.17) is 11.6 Å². The van der Waals surface area contributed by atoms with E-state index in [9.17, 15) is 26.7 Å². The lowest BCUT2D eigenvalue weighted by Crippen LogP contribution is -2.17. The van der Waals surface area contributed by atoms with Crippen LogP contribution in [0.25, 0.3) is 11.3 Å². The van der Waals surface area contributed by atoms with Gasteiger partial charge >= 0.3 is 6.18 Å². The van der Waals surface area contributed by atoms with Crippen molar-refractivity contribution < 1.29 is 26.7 Å². The topological polar surface area (TPSA) is 67.8 Å². The van der Waals surface area contributed by atoms with Crippen molar-refractivity contribution in [2.75, 3.05) is 5.32 Å². The molecule has 0 radical (unpaired) electrons. The molecular formula is C17H8ClF5N4O. The number of nitrogens with zero attached hydrogens (tertiary/aromatic N) is 3. The average Bonchev–Trinajstić information content (AvgIpc) is 2.62. The molecule has 11 heteroatoms. The van der Waals surface area contributed by atoms with Gasteiger partial charge in [0.1, 0.15) is 5.56 Å². The quantitative estimate of drug-likeness (QED) is 0.628. The van der Waals surface area contributed by atoms with Gasteiger partial charge in [0, 0.05) is 5.56 Å². The van der Waals surface area contributed by atoms with Crippen LogP contribution < -0.4 is 5.32 Å². The van der Waals surface area contributed by atoms with E-state index >= 15 is 0 Å². The second-order valence-corrected chi connectivity index (χ2v) is 5.82. The molecular weight excluding hydrogens is 407 g/mol. The van der Waals surface area contributed by atoms with Crippen molar-refractivity contribution in [1.29, 1.82) is 0 Å². The predicted octanol–water partition coefficient (Wildman–Crippen LogP) is 4.74. The lowest BCUT2D eigenvalue weighted by Gasteiger charge is -2.10. The van der Waals surface area contributed by atoms with Crippen molar-refractivity contribution in [3.8, 4) is 11.3 Å². The monoisotopic (exact) mass is 414 g/mol. The van der Waals surface area contributed by atoms with Crippen LogP contribution in [0.1, 0.15) is 15.9 Å². The first kappa shape index (κ1) is 19.6. The number of hydrogen-bond acceptors (Lipinski definition) is 4. The molecule has 1 aromatic carbocycles. The molecule has 0 aliphatic carbocycles. The Morgan fingerprint density at radius 3 is 2.25 bits per heavy atom. The van der Waals surface area contributed by atoms with E-state index in [1.165, 1.54) is 0 Å². The fourth-order valence-corrected chi connectivity index (χ4v) is 2.45. The van der Waals surface area contributed by atoms with Gasteiger partial charge in [-0.15, -0.1) is 0 Å². The zero-order valence-corrected chi connectivity index (χ0v) is 14.3. The molecule has 2 aromatic heterocycles. The van der Waals surface area contributed by atoms with Crippen LogP contribution in [-0.2, 0) is 6.18 Å². The summed E-state index contributed by atoms with van der Waals surface area (Å²) < 4.78 is 65.7. The summed E-state index contributed by atoms with van der Waals surface area (Å²) in [6.45, 7) is 0. The molecule has 3 aromatic rings. The molecule has 0 fully saturated rings. The minimum atomic E-state index is -4.57. The van der Waals surface area contributed by atoms with E-state index in [2.05, 4.69) is 20.3 Å². The van der Waals surface area contributed by atoms with E-state index in [0.717, 1.165) is 30.6 Å². The van der Waals surface area contributed by atoms with Gasteiger partial charge in [-0.05, 0) is 18.2 Å². The second-order valence-electron chi connectivity index (χ2n) is 5.41. The van der Waals surface area contributed by atoms with Crippen LogP contribution in [0, 0.1) is 11.6 Å². The molecule has 1 N–H and O–H groups in total. The maximum atomic E-state index is 13.6. The van der Waals surface area contributed by atoms with Gasteiger partial charge in [-0.1, -0.05) is 11.6 Å². The molecule has 28 heavy (non-hydrogen) atoms. The van der Waals surface area contributed by atoms with Crippen molar-refractivity contribution in [1.82, 2.24) is 15.0 Å². The van der Waals surface area contributed by atoms with Gasteiger partial charge in [0.15, 0.2) is 17.5 Å². The molecule has 5 nitrogen and oxygen atoms in total. The second kappa shape index (κ2) is 7.47. The number of nitrogens with one attached hydrogen (secondary N) is 1. The molecule has 0 aliphatic rings. The third-order valence-corrected chi connectivity index (χ3v) is 3.87. The van der Waals surface area contributed by atoms with E-state index < -0.39 is 34.8 Å². The maximum absolute atomic E-state index is 13.6. The van der Waals surface area contributed by atoms with Crippen LogP contribution in [0.4, 0.5) is 27.8 Å². The molecule has 2 heterocycles. The van der Waals surface area contributed by atoms with Gasteiger partial charge in [0.2, 0.25) is 0 Å². The molecule has 0 bridgehead atoms. The first-order valence-corrected chi connectivity index (χ1v) is 7.84. The van der Waals surface area contributed by atoms with Crippen LogP contribution in [0.3, 0.4) is 0 Å². The summed E-state index contributed by atoms with van der Waals surface area (Å²) >= 11 is 5.93. The molecule has 0 unspecified atom stereocenters.